The lowest BCUT2D eigenvalue weighted by Crippen LogP contribution is -2.18. The summed E-state index contributed by atoms with van der Waals surface area (Å²) in [5.41, 5.74) is 7.52. The highest BCUT2D eigenvalue weighted by Crippen LogP contribution is 2.36. The van der Waals surface area contributed by atoms with E-state index in [0.717, 1.165) is 6.42 Å². The number of benzene rings is 1. The largest absolute Gasteiger partial charge is 0.482 e. The molecule has 0 unspecified atom stereocenters. The molecule has 3 rings (SSSR count). The minimum atomic E-state index is -0.678. The van der Waals surface area contributed by atoms with Crippen molar-refractivity contribution in [3.8, 4) is 16.9 Å². The molecule has 0 aliphatic heterocycles. The summed E-state index contributed by atoms with van der Waals surface area (Å²) in [6.07, 6.45) is 3.49. The molecule has 2 N–H and O–H groups in total. The zero-order valence-electron chi connectivity index (χ0n) is 16.0. The van der Waals surface area contributed by atoms with E-state index >= 15 is 0 Å². The van der Waals surface area contributed by atoms with Gasteiger partial charge in [0, 0.05) is 41.2 Å². The molecule has 5 nitrogen and oxygen atoms in total. The van der Waals surface area contributed by atoms with E-state index in [0.29, 0.717) is 23.2 Å². The first-order valence-corrected chi connectivity index (χ1v) is 9.83. The maximum atomic E-state index is 13.8. The first-order chi connectivity index (χ1) is 13.8. The van der Waals surface area contributed by atoms with E-state index in [2.05, 4.69) is 4.98 Å². The van der Waals surface area contributed by atoms with Gasteiger partial charge in [-0.3, -0.25) is 4.79 Å². The fourth-order valence-electron chi connectivity index (χ4n) is 2.99. The SMILES string of the molecule is CCCn1ccc(-c2cnc(N)c(O[C@H](C)c3c(Cl)ccc(F)c3Cl)c2)cc1=O. The monoisotopic (exact) mass is 435 g/mol. The van der Waals surface area contributed by atoms with Gasteiger partial charge < -0.3 is 15.0 Å². The van der Waals surface area contributed by atoms with Gasteiger partial charge in [-0.25, -0.2) is 9.37 Å². The van der Waals surface area contributed by atoms with Crippen molar-refractivity contribution < 1.29 is 9.13 Å². The fraction of sp³-hybridized carbons (Fsp3) is 0.238. The number of nitrogen functional groups attached to an aromatic ring is 1. The predicted molar refractivity (Wildman–Crippen MR) is 114 cm³/mol. The second-order valence-electron chi connectivity index (χ2n) is 6.57. The van der Waals surface area contributed by atoms with Crippen LogP contribution < -0.4 is 16.0 Å². The lowest BCUT2D eigenvalue weighted by atomic mass is 10.1. The van der Waals surface area contributed by atoms with Crippen molar-refractivity contribution in [2.75, 3.05) is 5.73 Å². The summed E-state index contributed by atoms with van der Waals surface area (Å²) in [6.45, 7) is 4.34. The first kappa shape index (κ1) is 21.1. The number of nitrogens with zero attached hydrogens (tertiary/aromatic N) is 2. The minimum Gasteiger partial charge on any atom is -0.482 e. The highest BCUT2D eigenvalue weighted by atomic mass is 35.5. The maximum absolute atomic E-state index is 13.8. The number of halogens is 3. The van der Waals surface area contributed by atoms with Crippen LogP contribution in [0.2, 0.25) is 10.0 Å². The van der Waals surface area contributed by atoms with Crippen LogP contribution in [0.15, 0.2) is 47.5 Å². The van der Waals surface area contributed by atoms with Gasteiger partial charge in [-0.05, 0) is 43.2 Å². The Labute approximate surface area is 177 Å². The molecule has 1 aromatic carbocycles. The van der Waals surface area contributed by atoms with Crippen molar-refractivity contribution in [3.63, 3.8) is 0 Å². The smallest absolute Gasteiger partial charge is 0.251 e. The van der Waals surface area contributed by atoms with Gasteiger partial charge in [0.25, 0.3) is 5.56 Å². The van der Waals surface area contributed by atoms with Crippen molar-refractivity contribution in [1.29, 1.82) is 0 Å². The van der Waals surface area contributed by atoms with Crippen LogP contribution in [-0.4, -0.2) is 9.55 Å². The van der Waals surface area contributed by atoms with Crippen LogP contribution in [0.4, 0.5) is 10.2 Å². The number of rotatable bonds is 6. The summed E-state index contributed by atoms with van der Waals surface area (Å²) in [4.78, 5) is 16.4. The summed E-state index contributed by atoms with van der Waals surface area (Å²) in [5.74, 6) is -0.151. The van der Waals surface area contributed by atoms with Crippen molar-refractivity contribution in [2.45, 2.75) is 32.9 Å². The zero-order valence-corrected chi connectivity index (χ0v) is 17.5. The Balaban J connectivity index is 1.93. The molecule has 3 aromatic rings. The van der Waals surface area contributed by atoms with E-state index in [1.54, 1.807) is 30.0 Å². The summed E-state index contributed by atoms with van der Waals surface area (Å²) in [5, 5.41) is 0.179. The van der Waals surface area contributed by atoms with Crippen LogP contribution in [0, 0.1) is 5.82 Å². The molecule has 0 saturated carbocycles. The van der Waals surface area contributed by atoms with Crippen LogP contribution in [-0.2, 0) is 6.54 Å². The number of hydrogen-bond donors (Lipinski definition) is 1. The Kier molecular flexibility index (Phi) is 6.45. The van der Waals surface area contributed by atoms with Gasteiger partial charge in [0.1, 0.15) is 11.9 Å². The Morgan fingerprint density at radius 3 is 2.69 bits per heavy atom. The lowest BCUT2D eigenvalue weighted by Gasteiger charge is -2.19. The van der Waals surface area contributed by atoms with E-state index in [4.69, 9.17) is 33.7 Å². The molecule has 0 spiro atoms. The maximum Gasteiger partial charge on any atom is 0.251 e. The predicted octanol–water partition coefficient (Wildman–Crippen LogP) is 5.49. The topological polar surface area (TPSA) is 70.1 Å². The molecule has 2 aromatic heterocycles. The molecule has 0 radical (unpaired) electrons. The van der Waals surface area contributed by atoms with E-state index in [1.165, 1.54) is 18.2 Å². The summed E-state index contributed by atoms with van der Waals surface area (Å²) >= 11 is 12.2. The molecule has 29 heavy (non-hydrogen) atoms. The standard InChI is InChI=1S/C21H20Cl2FN3O2/c1-3-7-27-8-6-13(10-18(27)28)14-9-17(21(25)26-11-14)29-12(2)19-15(22)4-5-16(24)20(19)23/h4-6,8-12H,3,7H2,1-2H3,(H2,25,26)/t12-/m1/s1. The van der Waals surface area contributed by atoms with Crippen LogP contribution >= 0.6 is 23.2 Å². The number of pyridine rings is 2. The van der Waals surface area contributed by atoms with Gasteiger partial charge >= 0.3 is 0 Å². The van der Waals surface area contributed by atoms with E-state index in [1.807, 2.05) is 13.0 Å². The van der Waals surface area contributed by atoms with Crippen LogP contribution in [0.3, 0.4) is 0 Å². The average Bonchev–Trinajstić information content (AvgIpc) is 2.68. The minimum absolute atomic E-state index is 0.102. The average molecular weight is 436 g/mol. The summed E-state index contributed by atoms with van der Waals surface area (Å²) < 4.78 is 21.4. The Morgan fingerprint density at radius 1 is 1.24 bits per heavy atom. The third-order valence-electron chi connectivity index (χ3n) is 4.47. The third kappa shape index (κ3) is 4.54. The Bertz CT molecular complexity index is 1100. The van der Waals surface area contributed by atoms with Gasteiger partial charge in [-0.15, -0.1) is 0 Å². The summed E-state index contributed by atoms with van der Waals surface area (Å²) in [7, 11) is 0. The number of nitrogens with two attached hydrogens (primary N) is 1. The number of ether oxygens (including phenoxy) is 1. The highest BCUT2D eigenvalue weighted by molar-refractivity contribution is 6.36. The second-order valence-corrected chi connectivity index (χ2v) is 7.36. The van der Waals surface area contributed by atoms with Gasteiger partial charge in [0.15, 0.2) is 11.6 Å². The molecule has 8 heteroatoms. The van der Waals surface area contributed by atoms with Gasteiger partial charge in [0.2, 0.25) is 0 Å². The number of aryl methyl sites for hydroxylation is 1. The first-order valence-electron chi connectivity index (χ1n) is 9.08. The lowest BCUT2D eigenvalue weighted by molar-refractivity contribution is 0.227. The number of aromatic nitrogens is 2. The Hall–Kier alpha value is -2.57. The molecule has 152 valence electrons. The quantitative estimate of drug-likeness (QED) is 0.519. The van der Waals surface area contributed by atoms with Crippen LogP contribution in [0.1, 0.15) is 31.9 Å². The number of anilines is 1. The zero-order chi connectivity index (χ0) is 21.1. The molecule has 0 aliphatic rings. The van der Waals surface area contributed by atoms with Gasteiger partial charge in [-0.2, -0.15) is 0 Å². The molecule has 1 atom stereocenters. The van der Waals surface area contributed by atoms with E-state index in [-0.39, 0.29) is 27.2 Å². The van der Waals surface area contributed by atoms with Crippen molar-refractivity contribution in [1.82, 2.24) is 9.55 Å². The van der Waals surface area contributed by atoms with Crippen molar-refractivity contribution in [2.24, 2.45) is 0 Å². The summed E-state index contributed by atoms with van der Waals surface area (Å²) in [6, 6.07) is 7.66. The molecule has 0 aliphatic carbocycles. The molecule has 0 fully saturated rings. The molecule has 2 heterocycles. The van der Waals surface area contributed by atoms with Crippen molar-refractivity contribution >= 4 is 29.0 Å². The van der Waals surface area contributed by atoms with Crippen LogP contribution in [0.25, 0.3) is 11.1 Å². The molecule has 0 saturated heterocycles. The highest BCUT2D eigenvalue weighted by Gasteiger charge is 2.20. The van der Waals surface area contributed by atoms with Crippen molar-refractivity contribution in [3.05, 3.63) is 74.5 Å². The van der Waals surface area contributed by atoms with E-state index in [9.17, 15) is 9.18 Å². The normalized spacial score (nSPS) is 12.0. The molecular formula is C21H20Cl2FN3O2. The number of hydrogen-bond acceptors (Lipinski definition) is 4. The van der Waals surface area contributed by atoms with Gasteiger partial charge in [0.05, 0.1) is 5.02 Å². The van der Waals surface area contributed by atoms with E-state index < -0.39 is 11.9 Å². The third-order valence-corrected chi connectivity index (χ3v) is 5.18. The van der Waals surface area contributed by atoms with Crippen LogP contribution in [0.5, 0.6) is 5.75 Å². The molecule has 0 amide bonds. The molecular weight excluding hydrogens is 416 g/mol. The fourth-order valence-corrected chi connectivity index (χ4v) is 3.66. The Morgan fingerprint density at radius 2 is 2.00 bits per heavy atom. The van der Waals surface area contributed by atoms with Gasteiger partial charge in [-0.1, -0.05) is 30.1 Å². The molecule has 0 bridgehead atoms. The second kappa shape index (κ2) is 8.84.